The van der Waals surface area contributed by atoms with Gasteiger partial charge in [0.2, 0.25) is 5.95 Å². The number of hydrogen-bond acceptors (Lipinski definition) is 7. The van der Waals surface area contributed by atoms with Gasteiger partial charge < -0.3 is 19.7 Å². The van der Waals surface area contributed by atoms with E-state index >= 15 is 0 Å². The second-order valence-electron chi connectivity index (χ2n) is 8.32. The summed E-state index contributed by atoms with van der Waals surface area (Å²) in [6.45, 7) is 5.31. The number of hydrogen-bond donors (Lipinski definition) is 1. The van der Waals surface area contributed by atoms with Crippen molar-refractivity contribution in [3.63, 3.8) is 0 Å². The summed E-state index contributed by atoms with van der Waals surface area (Å²) in [6, 6.07) is 0.539. The molecule has 3 rings (SSSR count). The number of anilines is 1. The molecule has 172 valence electrons. The lowest BCUT2D eigenvalue weighted by Crippen LogP contribution is -2.43. The molecule has 2 unspecified atom stereocenters. The van der Waals surface area contributed by atoms with Crippen LogP contribution in [0.1, 0.15) is 42.6 Å². The number of alkyl carbamates (subject to hydrolysis) is 1. The molecule has 11 heteroatoms. The van der Waals surface area contributed by atoms with Gasteiger partial charge in [0.15, 0.2) is 11.6 Å². The Kier molecular flexibility index (Phi) is 6.56. The maximum atomic E-state index is 14.5. The molecule has 2 heterocycles. The Bertz CT molecular complexity index is 1010. The zero-order valence-corrected chi connectivity index (χ0v) is 18.0. The molecule has 8 nitrogen and oxygen atoms in total. The summed E-state index contributed by atoms with van der Waals surface area (Å²) in [4.78, 5) is 33.8. The van der Waals surface area contributed by atoms with Crippen molar-refractivity contribution in [1.29, 1.82) is 0 Å². The Labute approximate surface area is 182 Å². The van der Waals surface area contributed by atoms with Gasteiger partial charge in [-0.1, -0.05) is 0 Å². The molecule has 1 N–H and O–H groups in total. The van der Waals surface area contributed by atoms with E-state index in [9.17, 15) is 22.8 Å². The fourth-order valence-corrected chi connectivity index (χ4v) is 3.42. The van der Waals surface area contributed by atoms with Crippen LogP contribution in [0.4, 0.5) is 23.9 Å². The van der Waals surface area contributed by atoms with Gasteiger partial charge in [-0.3, -0.25) is 0 Å². The van der Waals surface area contributed by atoms with Gasteiger partial charge >= 0.3 is 12.1 Å². The van der Waals surface area contributed by atoms with Crippen LogP contribution in [0.25, 0.3) is 0 Å². The van der Waals surface area contributed by atoms with Crippen molar-refractivity contribution in [3.8, 4) is 0 Å². The van der Waals surface area contributed by atoms with Crippen LogP contribution in [0.5, 0.6) is 0 Å². The van der Waals surface area contributed by atoms with Crippen molar-refractivity contribution < 1.29 is 32.2 Å². The largest absolute Gasteiger partial charge is 0.465 e. The van der Waals surface area contributed by atoms with E-state index in [0.717, 1.165) is 6.07 Å². The molecule has 2 aromatic rings. The number of nitrogens with one attached hydrogen (secondary N) is 1. The van der Waals surface area contributed by atoms with Crippen molar-refractivity contribution in [2.45, 2.75) is 38.3 Å². The van der Waals surface area contributed by atoms with E-state index in [4.69, 9.17) is 4.74 Å². The Hall–Kier alpha value is -3.37. The maximum Gasteiger partial charge on any atom is 0.407 e. The molecular formula is C21H23F3N4O4. The summed E-state index contributed by atoms with van der Waals surface area (Å²) in [6.07, 6.45) is 1.81. The highest BCUT2D eigenvalue weighted by Crippen LogP contribution is 2.32. The molecule has 0 spiro atoms. The summed E-state index contributed by atoms with van der Waals surface area (Å²) in [5.74, 6) is -4.59. The number of methoxy groups -OCH3 is 1. The number of aromatic nitrogens is 2. The highest BCUT2D eigenvalue weighted by Gasteiger charge is 2.38. The lowest BCUT2D eigenvalue weighted by molar-refractivity contribution is 0.0503. The standard InChI is InChI=1S/C21H23F3N4O4/c1-21(2,3)32-20(30)27-17-10-28(19-25-7-11(8-26-19)18(29)31-4)9-13(17)12-5-15(23)16(24)6-14(12)22/h5-8,13,17H,9-10H2,1-4H3,(H,27,30). The predicted octanol–water partition coefficient (Wildman–Crippen LogP) is 3.18. The zero-order valence-electron chi connectivity index (χ0n) is 18.0. The molecule has 1 aliphatic heterocycles. The van der Waals surface area contributed by atoms with Gasteiger partial charge in [-0.15, -0.1) is 0 Å². The van der Waals surface area contributed by atoms with Crippen LogP contribution in [0.3, 0.4) is 0 Å². The molecule has 1 fully saturated rings. The third-order valence-corrected chi connectivity index (χ3v) is 4.80. The number of amides is 1. The fraction of sp³-hybridized carbons (Fsp3) is 0.429. The fourth-order valence-electron chi connectivity index (χ4n) is 3.42. The van der Waals surface area contributed by atoms with Crippen LogP contribution in [-0.4, -0.2) is 53.9 Å². The van der Waals surface area contributed by atoms with Crippen molar-refractivity contribution in [1.82, 2.24) is 15.3 Å². The molecule has 1 aromatic carbocycles. The Balaban J connectivity index is 1.89. The van der Waals surface area contributed by atoms with Crippen molar-refractivity contribution in [2.24, 2.45) is 0 Å². The van der Waals surface area contributed by atoms with E-state index < -0.39 is 47.1 Å². The highest BCUT2D eigenvalue weighted by atomic mass is 19.2. The Morgan fingerprint density at radius 3 is 2.28 bits per heavy atom. The van der Waals surface area contributed by atoms with Gasteiger partial charge in [0, 0.05) is 37.5 Å². The SMILES string of the molecule is COC(=O)c1cnc(N2CC(NC(=O)OC(C)(C)C)C(c3cc(F)c(F)cc3F)C2)nc1. The number of nitrogens with zero attached hydrogens (tertiary/aromatic N) is 3. The first-order valence-corrected chi connectivity index (χ1v) is 9.77. The van der Waals surface area contributed by atoms with E-state index in [2.05, 4.69) is 20.0 Å². The van der Waals surface area contributed by atoms with E-state index in [1.54, 1.807) is 25.7 Å². The first-order valence-electron chi connectivity index (χ1n) is 9.77. The quantitative estimate of drug-likeness (QED) is 0.563. The highest BCUT2D eigenvalue weighted by molar-refractivity contribution is 5.88. The number of ether oxygens (including phenoxy) is 2. The minimum absolute atomic E-state index is 0.0972. The predicted molar refractivity (Wildman–Crippen MR) is 108 cm³/mol. The van der Waals surface area contributed by atoms with Gasteiger partial charge in [-0.2, -0.15) is 0 Å². The average Bonchev–Trinajstić information content (AvgIpc) is 3.12. The second-order valence-corrected chi connectivity index (χ2v) is 8.32. The summed E-state index contributed by atoms with van der Waals surface area (Å²) in [5.41, 5.74) is -0.724. The van der Waals surface area contributed by atoms with Gasteiger partial charge in [0.25, 0.3) is 0 Å². The summed E-state index contributed by atoms with van der Waals surface area (Å²) < 4.78 is 51.7. The molecular weight excluding hydrogens is 429 g/mol. The Morgan fingerprint density at radius 1 is 1.06 bits per heavy atom. The van der Waals surface area contributed by atoms with E-state index in [1.165, 1.54) is 19.5 Å². The molecule has 0 aliphatic carbocycles. The third kappa shape index (κ3) is 5.27. The number of esters is 1. The minimum Gasteiger partial charge on any atom is -0.465 e. The molecule has 32 heavy (non-hydrogen) atoms. The number of rotatable bonds is 4. The number of carbonyl (C=O) groups is 2. The Morgan fingerprint density at radius 2 is 1.69 bits per heavy atom. The molecule has 1 saturated heterocycles. The average molecular weight is 452 g/mol. The summed E-state index contributed by atoms with van der Waals surface area (Å²) in [5, 5.41) is 2.67. The van der Waals surface area contributed by atoms with Crippen LogP contribution >= 0.6 is 0 Å². The van der Waals surface area contributed by atoms with Crippen LogP contribution in [0, 0.1) is 17.5 Å². The first-order chi connectivity index (χ1) is 15.0. The molecule has 1 aliphatic rings. The van der Waals surface area contributed by atoms with Gasteiger partial charge in [0.1, 0.15) is 11.4 Å². The van der Waals surface area contributed by atoms with Crippen LogP contribution in [0.2, 0.25) is 0 Å². The molecule has 2 atom stereocenters. The zero-order chi connectivity index (χ0) is 23.6. The third-order valence-electron chi connectivity index (χ3n) is 4.80. The van der Waals surface area contributed by atoms with Crippen molar-refractivity contribution in [2.75, 3.05) is 25.1 Å². The van der Waals surface area contributed by atoms with Crippen LogP contribution in [-0.2, 0) is 9.47 Å². The number of halogens is 3. The maximum absolute atomic E-state index is 14.5. The van der Waals surface area contributed by atoms with E-state index in [1.807, 2.05) is 0 Å². The van der Waals surface area contributed by atoms with Crippen LogP contribution in [0.15, 0.2) is 24.5 Å². The normalized spacial score (nSPS) is 18.4. The second kappa shape index (κ2) is 9.01. The van der Waals surface area contributed by atoms with E-state index in [-0.39, 0.29) is 30.2 Å². The summed E-state index contributed by atoms with van der Waals surface area (Å²) in [7, 11) is 1.23. The van der Waals surface area contributed by atoms with Crippen LogP contribution < -0.4 is 10.2 Å². The van der Waals surface area contributed by atoms with Crippen molar-refractivity contribution in [3.05, 3.63) is 53.1 Å². The summed E-state index contributed by atoms with van der Waals surface area (Å²) >= 11 is 0. The van der Waals surface area contributed by atoms with Gasteiger partial charge in [0.05, 0.1) is 18.7 Å². The van der Waals surface area contributed by atoms with Gasteiger partial charge in [-0.05, 0) is 32.4 Å². The molecule has 1 aromatic heterocycles. The van der Waals surface area contributed by atoms with Gasteiger partial charge in [-0.25, -0.2) is 32.7 Å². The topological polar surface area (TPSA) is 93.7 Å². The number of carbonyl (C=O) groups excluding carboxylic acids is 2. The molecule has 0 radical (unpaired) electrons. The lowest BCUT2D eigenvalue weighted by atomic mass is 9.93. The van der Waals surface area contributed by atoms with E-state index in [0.29, 0.717) is 6.07 Å². The van der Waals surface area contributed by atoms with Crippen molar-refractivity contribution >= 4 is 18.0 Å². The minimum atomic E-state index is -1.31. The first kappa shape index (κ1) is 23.3. The smallest absolute Gasteiger partial charge is 0.407 e. The lowest BCUT2D eigenvalue weighted by Gasteiger charge is -2.24. The molecule has 0 saturated carbocycles. The number of benzene rings is 1. The molecule has 0 bridgehead atoms. The molecule has 1 amide bonds. The monoisotopic (exact) mass is 452 g/mol.